The van der Waals surface area contributed by atoms with Crippen molar-refractivity contribution in [1.82, 2.24) is 9.13 Å². The lowest BCUT2D eigenvalue weighted by atomic mass is 10.0. The van der Waals surface area contributed by atoms with Crippen LogP contribution < -0.4 is 15.6 Å². The summed E-state index contributed by atoms with van der Waals surface area (Å²) >= 11 is 0. The van der Waals surface area contributed by atoms with E-state index in [0.717, 1.165) is 38.5 Å². The number of unbranched alkanes of at least 4 members (excludes halogenated alkanes) is 28. The van der Waals surface area contributed by atoms with E-state index in [0.29, 0.717) is 0 Å². The van der Waals surface area contributed by atoms with Gasteiger partial charge in [-0.25, -0.2) is 0 Å². The van der Waals surface area contributed by atoms with Gasteiger partial charge in [-0.3, -0.25) is 9.59 Å². The lowest BCUT2D eigenvalue weighted by Crippen LogP contribution is -2.16. The summed E-state index contributed by atoms with van der Waals surface area (Å²) in [6, 6.07) is 3.73. The summed E-state index contributed by atoms with van der Waals surface area (Å²) in [6.07, 6.45) is 46.7. The van der Waals surface area contributed by atoms with Crippen LogP contribution in [0.2, 0.25) is 0 Å². The van der Waals surface area contributed by atoms with Crippen molar-refractivity contribution in [3.63, 3.8) is 0 Å². The topological polar surface area (TPSA) is 141 Å². The fourth-order valence-corrected chi connectivity index (χ4v) is 7.20. The van der Waals surface area contributed by atoms with Crippen molar-refractivity contribution in [2.45, 2.75) is 206 Å². The molecule has 0 bridgehead atoms. The Morgan fingerprint density at radius 1 is 0.491 bits per heavy atom. The molecule has 0 aliphatic carbocycles. The van der Waals surface area contributed by atoms with Crippen LogP contribution in [0.1, 0.15) is 218 Å². The Morgan fingerprint density at radius 2 is 0.754 bits per heavy atom. The number of allylic oxidation sites excluding steroid dienone is 2. The third-order valence-electron chi connectivity index (χ3n) is 10.8. The zero-order valence-electron chi connectivity index (χ0n) is 35.6. The zero-order chi connectivity index (χ0) is 41.4. The minimum Gasteiger partial charge on any atom is -0.502 e. The summed E-state index contributed by atoms with van der Waals surface area (Å²) in [5, 5.41) is 40.5. The molecule has 0 saturated heterocycles. The number of aromatic hydroxyl groups is 2. The Hall–Kier alpha value is -4.24. The molecule has 9 nitrogen and oxygen atoms in total. The molecule has 0 aliphatic heterocycles. The maximum Gasteiger partial charge on any atom is 0.266 e. The molecule has 57 heavy (non-hydrogen) atoms. The minimum absolute atomic E-state index is 0.254. The van der Waals surface area contributed by atoms with Crippen molar-refractivity contribution >= 4 is 12.4 Å². The first-order valence-corrected chi connectivity index (χ1v) is 22.7. The molecule has 0 amide bonds. The Balaban J connectivity index is 1.85. The van der Waals surface area contributed by atoms with Crippen LogP contribution in [0.25, 0.3) is 12.4 Å². The van der Waals surface area contributed by atoms with E-state index in [1.165, 1.54) is 176 Å². The summed E-state index contributed by atoms with van der Waals surface area (Å²) in [5.74, 6) is -2.40. The lowest BCUT2D eigenvalue weighted by Gasteiger charge is -2.12. The average molecular weight is 787 g/mol. The summed E-state index contributed by atoms with van der Waals surface area (Å²) in [6.45, 7) is 4.51. The molecular formula is C48H74N4O5. The number of aromatic nitrogens is 2. The molecule has 0 aliphatic rings. The second kappa shape index (κ2) is 31.8. The molecule has 0 aromatic carbocycles. The van der Waals surface area contributed by atoms with Gasteiger partial charge < -0.3 is 24.1 Å². The van der Waals surface area contributed by atoms with Gasteiger partial charge in [-0.05, 0) is 25.7 Å². The maximum absolute atomic E-state index is 13.0. The van der Waals surface area contributed by atoms with E-state index < -0.39 is 33.9 Å². The number of rotatable bonds is 34. The lowest BCUT2D eigenvalue weighted by molar-refractivity contribution is 0.423. The third kappa shape index (κ3) is 20.1. The van der Waals surface area contributed by atoms with Crippen LogP contribution in [0.4, 0.5) is 0 Å². The first-order chi connectivity index (χ1) is 27.9. The second-order valence-corrected chi connectivity index (χ2v) is 15.7. The Bertz CT molecular complexity index is 1540. The summed E-state index contributed by atoms with van der Waals surface area (Å²) in [7, 11) is 0. The van der Waals surface area contributed by atoms with Crippen molar-refractivity contribution < 1.29 is 14.9 Å². The van der Waals surface area contributed by atoms with Crippen molar-refractivity contribution in [2.24, 2.45) is 0 Å². The highest BCUT2D eigenvalue weighted by atomic mass is 16.5. The first kappa shape index (κ1) is 48.9. The Labute approximate surface area is 344 Å². The predicted molar refractivity (Wildman–Crippen MR) is 235 cm³/mol. The van der Waals surface area contributed by atoms with Crippen LogP contribution in [-0.2, 0) is 0 Å². The van der Waals surface area contributed by atoms with E-state index in [1.807, 2.05) is 24.3 Å². The molecule has 0 saturated carbocycles. The van der Waals surface area contributed by atoms with Crippen LogP contribution in [0.5, 0.6) is 23.0 Å². The van der Waals surface area contributed by atoms with Gasteiger partial charge >= 0.3 is 0 Å². The van der Waals surface area contributed by atoms with E-state index in [-0.39, 0.29) is 11.4 Å². The van der Waals surface area contributed by atoms with Gasteiger partial charge in [0.15, 0.2) is 22.9 Å². The molecule has 2 heterocycles. The van der Waals surface area contributed by atoms with Gasteiger partial charge in [-0.15, -0.1) is 0 Å². The number of hydrogen-bond acceptors (Lipinski definition) is 7. The highest BCUT2D eigenvalue weighted by Crippen LogP contribution is 2.24. The maximum atomic E-state index is 13.0. The van der Waals surface area contributed by atoms with Crippen LogP contribution in [0.15, 0.2) is 34.1 Å². The normalized spacial score (nSPS) is 11.4. The molecule has 0 fully saturated rings. The minimum atomic E-state index is -0.966. The van der Waals surface area contributed by atoms with Gasteiger partial charge in [0.2, 0.25) is 11.5 Å². The summed E-state index contributed by atoms with van der Waals surface area (Å²) in [4.78, 5) is 25.9. The van der Waals surface area contributed by atoms with Crippen LogP contribution in [-0.4, -0.2) is 19.3 Å². The Morgan fingerprint density at radius 3 is 1.02 bits per heavy atom. The van der Waals surface area contributed by atoms with Crippen molar-refractivity contribution in [1.29, 1.82) is 10.5 Å². The molecule has 2 aromatic heterocycles. The SMILES string of the molecule is CCCCCCCCCCCCCCCCC=Cn1cc(Oc2cn(C=CCCCCCCCCCCCCCCCC)c(C#N)c(O)c2=O)c(=O)c(O)c1C#N. The number of pyridine rings is 2. The smallest absolute Gasteiger partial charge is 0.266 e. The van der Waals surface area contributed by atoms with Crippen molar-refractivity contribution in [3.8, 4) is 35.1 Å². The number of ether oxygens (including phenoxy) is 1. The molecular weight excluding hydrogens is 713 g/mol. The van der Waals surface area contributed by atoms with E-state index in [1.54, 1.807) is 12.4 Å². The van der Waals surface area contributed by atoms with Gasteiger partial charge in [0.1, 0.15) is 12.1 Å². The van der Waals surface area contributed by atoms with Gasteiger partial charge in [0, 0.05) is 12.4 Å². The number of hydrogen-bond donors (Lipinski definition) is 2. The molecule has 316 valence electrons. The van der Waals surface area contributed by atoms with Crippen molar-refractivity contribution in [2.75, 3.05) is 0 Å². The molecule has 0 atom stereocenters. The predicted octanol–water partition coefficient (Wildman–Crippen LogP) is 13.6. The fourth-order valence-electron chi connectivity index (χ4n) is 7.20. The second-order valence-electron chi connectivity index (χ2n) is 15.7. The molecule has 2 N–H and O–H groups in total. The number of nitriles is 2. The molecule has 0 spiro atoms. The monoisotopic (exact) mass is 787 g/mol. The zero-order valence-corrected chi connectivity index (χ0v) is 35.6. The summed E-state index contributed by atoms with van der Waals surface area (Å²) < 4.78 is 8.27. The molecule has 0 unspecified atom stereocenters. The van der Waals surface area contributed by atoms with Gasteiger partial charge in [-0.2, -0.15) is 10.5 Å². The van der Waals surface area contributed by atoms with E-state index in [9.17, 15) is 30.3 Å². The molecule has 0 radical (unpaired) electrons. The average Bonchev–Trinajstić information content (AvgIpc) is 3.21. The standard InChI is InChI=1S/C48H74N4O5/c1-3-5-7-9-11-13-15-17-19-21-23-25-27-29-31-33-35-51-39-43(47(55)45(53)41(51)37-49)57-44-40-52(42(38-50)46(54)48(44)56)36-34-32-30-28-26-24-22-20-18-16-14-12-10-8-6-4-2/h33-36,39-40,53-54H,3-32H2,1-2H3. The van der Waals surface area contributed by atoms with Gasteiger partial charge in [0.25, 0.3) is 10.9 Å². The summed E-state index contributed by atoms with van der Waals surface area (Å²) in [5.41, 5.74) is -2.44. The van der Waals surface area contributed by atoms with E-state index in [4.69, 9.17) is 4.74 Å². The van der Waals surface area contributed by atoms with Crippen LogP contribution >= 0.6 is 0 Å². The highest BCUT2D eigenvalue weighted by Gasteiger charge is 2.20. The fraction of sp³-hybridized carbons (Fsp3) is 0.667. The van der Waals surface area contributed by atoms with E-state index >= 15 is 0 Å². The first-order valence-electron chi connectivity index (χ1n) is 22.7. The van der Waals surface area contributed by atoms with E-state index in [2.05, 4.69) is 13.8 Å². The molecule has 2 rings (SSSR count). The van der Waals surface area contributed by atoms with Crippen LogP contribution in [0.3, 0.4) is 0 Å². The van der Waals surface area contributed by atoms with Gasteiger partial charge in [0.05, 0.1) is 12.4 Å². The largest absolute Gasteiger partial charge is 0.502 e. The van der Waals surface area contributed by atoms with Crippen molar-refractivity contribution in [3.05, 3.63) is 56.4 Å². The Kier molecular flexibility index (Phi) is 27.3. The van der Waals surface area contributed by atoms with Gasteiger partial charge in [-0.1, -0.05) is 193 Å². The number of nitrogens with zero attached hydrogens (tertiary/aromatic N) is 4. The highest BCUT2D eigenvalue weighted by molar-refractivity contribution is 5.50. The molecule has 2 aromatic rings. The third-order valence-corrected chi connectivity index (χ3v) is 10.8. The molecule has 9 heteroatoms. The quantitative estimate of drug-likeness (QED) is 0.0673. The van der Waals surface area contributed by atoms with Crippen LogP contribution in [0, 0.1) is 22.7 Å².